The molecular weight excluding hydrogens is 334 g/mol. The number of hydrogen-bond acceptors (Lipinski definition) is 5. The maximum Gasteiger partial charge on any atom is 0.258 e. The fourth-order valence-electron chi connectivity index (χ4n) is 4.00. The lowest BCUT2D eigenvalue weighted by atomic mass is 10.1. The van der Waals surface area contributed by atoms with E-state index in [2.05, 4.69) is 26.4 Å². The second-order valence-corrected chi connectivity index (χ2v) is 7.74. The Balaban J connectivity index is 1.45. The lowest BCUT2D eigenvalue weighted by molar-refractivity contribution is 0.102. The van der Waals surface area contributed by atoms with Crippen LogP contribution in [0, 0.1) is 5.92 Å². The van der Waals surface area contributed by atoms with Gasteiger partial charge >= 0.3 is 0 Å². The number of nitrogens with one attached hydrogen (secondary N) is 1. The number of nitrogens with zero attached hydrogens (tertiary/aromatic N) is 4. The number of amides is 1. The second kappa shape index (κ2) is 6.80. The minimum Gasteiger partial charge on any atom is -0.296 e. The van der Waals surface area contributed by atoms with E-state index in [-0.39, 0.29) is 5.91 Å². The Morgan fingerprint density at radius 2 is 2.28 bits per heavy atom. The Morgan fingerprint density at radius 1 is 1.40 bits per heavy atom. The van der Waals surface area contributed by atoms with Crippen LogP contribution in [0.25, 0.3) is 0 Å². The molecule has 0 spiro atoms. The van der Waals surface area contributed by atoms with Crippen molar-refractivity contribution in [1.82, 2.24) is 19.7 Å². The van der Waals surface area contributed by atoms with Crippen molar-refractivity contribution in [3.63, 3.8) is 0 Å². The van der Waals surface area contributed by atoms with E-state index in [1.54, 1.807) is 11.7 Å². The number of carbonyl (C=O) groups excluding carboxylic acids is 1. The fourth-order valence-corrected chi connectivity index (χ4v) is 4.38. The number of aromatic nitrogens is 3. The predicted octanol–water partition coefficient (Wildman–Crippen LogP) is 2.77. The van der Waals surface area contributed by atoms with Gasteiger partial charge in [-0.3, -0.25) is 15.0 Å². The van der Waals surface area contributed by atoms with Gasteiger partial charge in [-0.2, -0.15) is 4.98 Å². The summed E-state index contributed by atoms with van der Waals surface area (Å²) in [5, 5.41) is 7.73. The van der Waals surface area contributed by atoms with Gasteiger partial charge in [-0.05, 0) is 49.1 Å². The van der Waals surface area contributed by atoms with Crippen LogP contribution in [-0.4, -0.2) is 44.4 Å². The third-order valence-electron chi connectivity index (χ3n) is 5.25. The molecular formula is C18H23N5OS. The van der Waals surface area contributed by atoms with Crippen molar-refractivity contribution in [2.75, 3.05) is 18.1 Å². The topological polar surface area (TPSA) is 63.1 Å². The van der Waals surface area contributed by atoms with Gasteiger partial charge in [-0.25, -0.2) is 4.68 Å². The molecule has 0 radical (unpaired) electrons. The van der Waals surface area contributed by atoms with E-state index in [1.807, 2.05) is 24.5 Å². The number of carbonyl (C=O) groups is 1. The zero-order chi connectivity index (χ0) is 17.4. The van der Waals surface area contributed by atoms with Gasteiger partial charge in [0.05, 0.1) is 0 Å². The van der Waals surface area contributed by atoms with Gasteiger partial charge in [0, 0.05) is 31.7 Å². The largest absolute Gasteiger partial charge is 0.296 e. The SMILES string of the molecule is CSc1nc(NC(=O)c2cccc(CN3C[C@H]4CC[C@H]3C4)c2)n(C)n1. The van der Waals surface area contributed by atoms with Crippen molar-refractivity contribution in [2.45, 2.75) is 37.0 Å². The van der Waals surface area contributed by atoms with Crippen LogP contribution in [0.5, 0.6) is 0 Å². The number of thioether (sulfide) groups is 1. The predicted molar refractivity (Wildman–Crippen MR) is 98.7 cm³/mol. The van der Waals surface area contributed by atoms with Crippen LogP contribution in [0.15, 0.2) is 29.4 Å². The first-order valence-electron chi connectivity index (χ1n) is 8.71. The van der Waals surface area contributed by atoms with E-state index in [0.717, 1.165) is 18.5 Å². The Bertz CT molecular complexity index is 790. The summed E-state index contributed by atoms with van der Waals surface area (Å²) in [6, 6.07) is 8.65. The number of hydrogen-bond donors (Lipinski definition) is 1. The summed E-state index contributed by atoms with van der Waals surface area (Å²) in [7, 11) is 1.78. The Labute approximate surface area is 152 Å². The van der Waals surface area contributed by atoms with E-state index in [4.69, 9.17) is 0 Å². The molecule has 6 nitrogen and oxygen atoms in total. The molecule has 4 rings (SSSR count). The molecule has 7 heteroatoms. The fraction of sp³-hybridized carbons (Fsp3) is 0.500. The highest BCUT2D eigenvalue weighted by Crippen LogP contribution is 2.38. The van der Waals surface area contributed by atoms with E-state index in [9.17, 15) is 4.79 Å². The van der Waals surface area contributed by atoms with E-state index in [1.165, 1.54) is 43.1 Å². The summed E-state index contributed by atoms with van der Waals surface area (Å²) >= 11 is 1.45. The first kappa shape index (κ1) is 16.6. The number of anilines is 1. The van der Waals surface area contributed by atoms with E-state index < -0.39 is 0 Å². The standard InChI is InChI=1S/C18H23N5OS/c1-22-17(20-18(21-22)25-2)19-16(24)14-5-3-4-12(8-14)10-23-11-13-6-7-15(23)9-13/h3-5,8,13,15H,6-7,9-11H2,1-2H3,(H,19,20,21,24)/t13-,15-/m0/s1. The smallest absolute Gasteiger partial charge is 0.258 e. The van der Waals surface area contributed by atoms with Gasteiger partial charge in [0.1, 0.15) is 0 Å². The third kappa shape index (κ3) is 3.43. The molecule has 2 atom stereocenters. The number of likely N-dealkylation sites (tertiary alicyclic amines) is 1. The van der Waals surface area contributed by atoms with E-state index in [0.29, 0.717) is 16.7 Å². The molecule has 132 valence electrons. The monoisotopic (exact) mass is 357 g/mol. The summed E-state index contributed by atoms with van der Waals surface area (Å²) < 4.78 is 1.59. The number of rotatable bonds is 5. The Morgan fingerprint density at radius 3 is 2.96 bits per heavy atom. The zero-order valence-electron chi connectivity index (χ0n) is 14.6. The summed E-state index contributed by atoms with van der Waals surface area (Å²) in [6.45, 7) is 2.14. The highest BCUT2D eigenvalue weighted by atomic mass is 32.2. The molecule has 1 aliphatic heterocycles. The second-order valence-electron chi connectivity index (χ2n) is 6.96. The van der Waals surface area contributed by atoms with Crippen molar-refractivity contribution >= 4 is 23.6 Å². The van der Waals surface area contributed by atoms with Crippen molar-refractivity contribution in [2.24, 2.45) is 13.0 Å². The van der Waals surface area contributed by atoms with Crippen LogP contribution in [0.3, 0.4) is 0 Å². The highest BCUT2D eigenvalue weighted by Gasteiger charge is 2.37. The quantitative estimate of drug-likeness (QED) is 0.834. The zero-order valence-corrected chi connectivity index (χ0v) is 15.4. The van der Waals surface area contributed by atoms with Gasteiger partial charge in [0.15, 0.2) is 0 Å². The summed E-state index contributed by atoms with van der Waals surface area (Å²) in [6.07, 6.45) is 5.98. The average Bonchev–Trinajstić information content (AvgIpc) is 3.31. The maximum absolute atomic E-state index is 12.6. The normalized spacial score (nSPS) is 22.5. The molecule has 2 bridgehead atoms. The highest BCUT2D eigenvalue weighted by molar-refractivity contribution is 7.98. The minimum absolute atomic E-state index is 0.145. The summed E-state index contributed by atoms with van der Waals surface area (Å²) in [5.41, 5.74) is 1.86. The number of piperidine rings is 1. The minimum atomic E-state index is -0.145. The molecule has 1 aromatic carbocycles. The van der Waals surface area contributed by atoms with Crippen molar-refractivity contribution in [3.05, 3.63) is 35.4 Å². The van der Waals surface area contributed by atoms with Gasteiger partial charge < -0.3 is 0 Å². The van der Waals surface area contributed by atoms with Gasteiger partial charge in [0.2, 0.25) is 11.1 Å². The number of benzene rings is 1. The molecule has 1 N–H and O–H groups in total. The van der Waals surface area contributed by atoms with Crippen LogP contribution in [0.2, 0.25) is 0 Å². The lowest BCUT2D eigenvalue weighted by Gasteiger charge is -2.26. The summed E-state index contributed by atoms with van der Waals surface area (Å²) in [4.78, 5) is 19.4. The van der Waals surface area contributed by atoms with Gasteiger partial charge in [-0.1, -0.05) is 23.9 Å². The molecule has 2 fully saturated rings. The van der Waals surface area contributed by atoms with E-state index >= 15 is 0 Å². The molecule has 1 aliphatic carbocycles. The molecule has 1 amide bonds. The average molecular weight is 357 g/mol. The molecule has 2 aromatic rings. The molecule has 0 unspecified atom stereocenters. The number of aryl methyl sites for hydroxylation is 1. The molecule has 1 saturated heterocycles. The first-order valence-corrected chi connectivity index (χ1v) is 9.94. The van der Waals surface area contributed by atoms with Crippen molar-refractivity contribution < 1.29 is 4.79 Å². The maximum atomic E-state index is 12.6. The molecule has 1 saturated carbocycles. The van der Waals surface area contributed by atoms with Crippen LogP contribution >= 0.6 is 11.8 Å². The van der Waals surface area contributed by atoms with Gasteiger partial charge in [-0.15, -0.1) is 5.10 Å². The number of fused-ring (bicyclic) bond motifs is 2. The van der Waals surface area contributed by atoms with Crippen LogP contribution in [0.4, 0.5) is 5.95 Å². The van der Waals surface area contributed by atoms with Crippen LogP contribution in [-0.2, 0) is 13.6 Å². The summed E-state index contributed by atoms with van der Waals surface area (Å²) in [5.74, 6) is 1.21. The third-order valence-corrected chi connectivity index (χ3v) is 5.79. The van der Waals surface area contributed by atoms with Crippen LogP contribution < -0.4 is 5.32 Å². The Kier molecular flexibility index (Phi) is 4.52. The van der Waals surface area contributed by atoms with Gasteiger partial charge in [0.25, 0.3) is 5.91 Å². The first-order chi connectivity index (χ1) is 12.1. The van der Waals surface area contributed by atoms with Crippen molar-refractivity contribution in [1.29, 1.82) is 0 Å². The van der Waals surface area contributed by atoms with Crippen molar-refractivity contribution in [3.8, 4) is 0 Å². The van der Waals surface area contributed by atoms with Crippen LogP contribution in [0.1, 0.15) is 35.2 Å². The molecule has 25 heavy (non-hydrogen) atoms. The molecule has 2 heterocycles. The lowest BCUT2D eigenvalue weighted by Crippen LogP contribution is -2.31. The Hall–Kier alpha value is -1.86. The molecule has 2 aliphatic rings. The molecule has 1 aromatic heterocycles.